The van der Waals surface area contributed by atoms with Crippen LogP contribution in [0.3, 0.4) is 0 Å². The fraction of sp³-hybridized carbons (Fsp3) is 0.176. The number of nitrogens with zero attached hydrogens (tertiary/aromatic N) is 1. The summed E-state index contributed by atoms with van der Waals surface area (Å²) in [5.41, 5.74) is 3.16. The number of aromatic nitrogens is 1. The quantitative estimate of drug-likeness (QED) is 0.776. The van der Waals surface area contributed by atoms with Crippen molar-refractivity contribution in [2.45, 2.75) is 13.2 Å². The third-order valence-electron chi connectivity index (χ3n) is 3.64. The van der Waals surface area contributed by atoms with Crippen LogP contribution in [-0.4, -0.2) is 16.8 Å². The molecule has 0 saturated carbocycles. The number of ether oxygens (including phenoxy) is 1. The minimum Gasteiger partial charge on any atom is -0.497 e. The lowest BCUT2D eigenvalue weighted by molar-refractivity contribution is 0.283. The molecule has 0 fully saturated rings. The Labute approximate surface area is 131 Å². The molecule has 0 aliphatic rings. The van der Waals surface area contributed by atoms with Crippen LogP contribution in [0.1, 0.15) is 11.1 Å². The maximum Gasteiger partial charge on any atom is 0.119 e. The van der Waals surface area contributed by atoms with Gasteiger partial charge in [-0.3, -0.25) is 0 Å². The molecule has 0 atom stereocenters. The van der Waals surface area contributed by atoms with Crippen molar-refractivity contribution < 1.29 is 9.84 Å². The number of benzene rings is 2. The normalized spacial score (nSPS) is 11.0. The molecule has 0 saturated heterocycles. The maximum atomic E-state index is 9.54. The van der Waals surface area contributed by atoms with Crippen LogP contribution in [0.2, 0.25) is 0 Å². The first kappa shape index (κ1) is 14.2. The van der Waals surface area contributed by atoms with E-state index < -0.39 is 0 Å². The zero-order chi connectivity index (χ0) is 14.8. The molecular formula is C17H16BrNO2. The van der Waals surface area contributed by atoms with Gasteiger partial charge in [0.25, 0.3) is 0 Å². The van der Waals surface area contributed by atoms with E-state index in [1.165, 1.54) is 0 Å². The van der Waals surface area contributed by atoms with Crippen LogP contribution in [0.4, 0.5) is 0 Å². The van der Waals surface area contributed by atoms with Gasteiger partial charge < -0.3 is 14.4 Å². The second-order valence-electron chi connectivity index (χ2n) is 4.91. The largest absolute Gasteiger partial charge is 0.497 e. The Bertz CT molecular complexity index is 780. The Morgan fingerprint density at radius 2 is 2.00 bits per heavy atom. The number of rotatable bonds is 4. The number of aliphatic hydroxyl groups excluding tert-OH is 1. The van der Waals surface area contributed by atoms with Gasteiger partial charge in [0.05, 0.1) is 19.2 Å². The summed E-state index contributed by atoms with van der Waals surface area (Å²) in [6.07, 6.45) is 2.05. The van der Waals surface area contributed by atoms with Gasteiger partial charge in [0.15, 0.2) is 0 Å². The lowest BCUT2D eigenvalue weighted by Crippen LogP contribution is -2.01. The smallest absolute Gasteiger partial charge is 0.119 e. The number of hydrogen-bond acceptors (Lipinski definition) is 2. The summed E-state index contributed by atoms with van der Waals surface area (Å²) < 4.78 is 8.49. The second kappa shape index (κ2) is 5.92. The topological polar surface area (TPSA) is 34.4 Å². The number of fused-ring (bicyclic) bond motifs is 1. The summed E-state index contributed by atoms with van der Waals surface area (Å²) in [7, 11) is 1.67. The Kier molecular flexibility index (Phi) is 3.99. The maximum absolute atomic E-state index is 9.54. The second-order valence-corrected chi connectivity index (χ2v) is 5.77. The van der Waals surface area contributed by atoms with Gasteiger partial charge in [-0.05, 0) is 35.2 Å². The Morgan fingerprint density at radius 1 is 1.14 bits per heavy atom. The fourth-order valence-corrected chi connectivity index (χ4v) is 2.95. The predicted molar refractivity (Wildman–Crippen MR) is 87.7 cm³/mol. The number of para-hydroxylation sites is 1. The summed E-state index contributed by atoms with van der Waals surface area (Å²) in [4.78, 5) is 0. The molecule has 0 aliphatic heterocycles. The minimum atomic E-state index is 0.0423. The summed E-state index contributed by atoms with van der Waals surface area (Å²) in [5.74, 6) is 0.840. The van der Waals surface area contributed by atoms with Crippen LogP contribution in [0.15, 0.2) is 53.1 Å². The van der Waals surface area contributed by atoms with Crippen molar-refractivity contribution in [3.05, 3.63) is 64.3 Å². The molecule has 0 amide bonds. The highest BCUT2D eigenvalue weighted by atomic mass is 79.9. The first-order valence-electron chi connectivity index (χ1n) is 6.73. The van der Waals surface area contributed by atoms with E-state index >= 15 is 0 Å². The molecule has 3 nitrogen and oxygen atoms in total. The van der Waals surface area contributed by atoms with Crippen molar-refractivity contribution in [3.63, 3.8) is 0 Å². The van der Waals surface area contributed by atoms with E-state index in [1.54, 1.807) is 7.11 Å². The molecule has 21 heavy (non-hydrogen) atoms. The highest BCUT2D eigenvalue weighted by Crippen LogP contribution is 2.26. The van der Waals surface area contributed by atoms with Crippen LogP contribution < -0.4 is 4.74 Å². The van der Waals surface area contributed by atoms with Crippen LogP contribution in [0, 0.1) is 0 Å². The lowest BCUT2D eigenvalue weighted by Gasteiger charge is -2.11. The molecule has 1 N–H and O–H groups in total. The van der Waals surface area contributed by atoms with Crippen LogP contribution in [-0.2, 0) is 13.2 Å². The molecule has 4 heteroatoms. The molecule has 108 valence electrons. The van der Waals surface area contributed by atoms with Gasteiger partial charge >= 0.3 is 0 Å². The van der Waals surface area contributed by atoms with Crippen molar-refractivity contribution in [2.24, 2.45) is 0 Å². The minimum absolute atomic E-state index is 0.0423. The first-order valence-corrected chi connectivity index (χ1v) is 7.52. The van der Waals surface area contributed by atoms with Gasteiger partial charge in [-0.15, -0.1) is 0 Å². The van der Waals surface area contributed by atoms with E-state index in [9.17, 15) is 5.11 Å². The van der Waals surface area contributed by atoms with Gasteiger partial charge in [-0.25, -0.2) is 0 Å². The van der Waals surface area contributed by atoms with Crippen molar-refractivity contribution in [1.29, 1.82) is 0 Å². The van der Waals surface area contributed by atoms with E-state index in [2.05, 4.69) is 38.8 Å². The Morgan fingerprint density at radius 3 is 2.76 bits per heavy atom. The molecule has 0 radical (unpaired) electrons. The highest BCUT2D eigenvalue weighted by molar-refractivity contribution is 9.10. The average molecular weight is 346 g/mol. The van der Waals surface area contributed by atoms with E-state index in [-0.39, 0.29) is 6.61 Å². The monoisotopic (exact) mass is 345 g/mol. The number of hydrogen-bond donors (Lipinski definition) is 1. The number of methoxy groups -OCH3 is 1. The van der Waals surface area contributed by atoms with Crippen molar-refractivity contribution in [3.8, 4) is 5.75 Å². The molecule has 0 unspecified atom stereocenters. The molecule has 1 heterocycles. The lowest BCUT2D eigenvalue weighted by atomic mass is 10.1. The van der Waals surface area contributed by atoms with Gasteiger partial charge in [-0.1, -0.05) is 34.1 Å². The van der Waals surface area contributed by atoms with Gasteiger partial charge in [-0.2, -0.15) is 0 Å². The van der Waals surface area contributed by atoms with Crippen molar-refractivity contribution in [1.82, 2.24) is 4.57 Å². The highest BCUT2D eigenvalue weighted by Gasteiger charge is 2.09. The number of aliphatic hydroxyl groups is 1. The molecule has 3 rings (SSSR count). The van der Waals surface area contributed by atoms with E-state index in [0.29, 0.717) is 0 Å². The molecular weight excluding hydrogens is 330 g/mol. The zero-order valence-corrected chi connectivity index (χ0v) is 13.3. The molecule has 1 aromatic heterocycles. The standard InChI is InChI=1S/C17H16BrNO2/c1-21-15-5-6-16(18)14(9-15)10-19-8-7-12-3-2-4-13(11-20)17(12)19/h2-9,20H,10-11H2,1H3. The predicted octanol–water partition coefficient (Wildman–Crippen LogP) is 3.95. The summed E-state index contributed by atoms with van der Waals surface area (Å²) in [6.45, 7) is 0.763. The number of halogens is 1. The summed E-state index contributed by atoms with van der Waals surface area (Å²) in [5, 5.41) is 10.7. The molecule has 0 bridgehead atoms. The summed E-state index contributed by atoms with van der Waals surface area (Å²) >= 11 is 3.59. The molecule has 0 aliphatic carbocycles. The van der Waals surface area contributed by atoms with Gasteiger partial charge in [0.2, 0.25) is 0 Å². The van der Waals surface area contributed by atoms with Crippen LogP contribution in [0.25, 0.3) is 10.9 Å². The van der Waals surface area contributed by atoms with Crippen molar-refractivity contribution >= 4 is 26.8 Å². The Hall–Kier alpha value is -1.78. The first-order chi connectivity index (χ1) is 10.2. The SMILES string of the molecule is COc1ccc(Br)c(Cn2ccc3cccc(CO)c32)c1. The van der Waals surface area contributed by atoms with Gasteiger partial charge in [0, 0.05) is 22.8 Å². The Balaban J connectivity index is 2.06. The van der Waals surface area contributed by atoms with Crippen LogP contribution >= 0.6 is 15.9 Å². The van der Waals surface area contributed by atoms with Crippen LogP contribution in [0.5, 0.6) is 5.75 Å². The fourth-order valence-electron chi connectivity index (χ4n) is 2.58. The van der Waals surface area contributed by atoms with E-state index in [4.69, 9.17) is 4.74 Å². The zero-order valence-electron chi connectivity index (χ0n) is 11.7. The molecule has 3 aromatic rings. The van der Waals surface area contributed by atoms with Gasteiger partial charge in [0.1, 0.15) is 5.75 Å². The third-order valence-corrected chi connectivity index (χ3v) is 4.41. The van der Waals surface area contributed by atoms with E-state index in [0.717, 1.165) is 38.8 Å². The molecule has 2 aromatic carbocycles. The average Bonchev–Trinajstić information content (AvgIpc) is 2.92. The summed E-state index contributed by atoms with van der Waals surface area (Å²) in [6, 6.07) is 14.0. The van der Waals surface area contributed by atoms with E-state index in [1.807, 2.05) is 30.3 Å². The van der Waals surface area contributed by atoms with Crippen molar-refractivity contribution in [2.75, 3.05) is 7.11 Å². The molecule has 0 spiro atoms. The third kappa shape index (κ3) is 2.69.